The quantitative estimate of drug-likeness (QED) is 0.663. The van der Waals surface area contributed by atoms with E-state index in [1.807, 2.05) is 30.3 Å². The van der Waals surface area contributed by atoms with Crippen molar-refractivity contribution in [2.75, 3.05) is 18.6 Å². The molecule has 138 valence electrons. The number of phenolic OH excluding ortho intramolecular Hbond substituents is 1. The number of hydrogen-bond donors (Lipinski definition) is 1. The van der Waals surface area contributed by atoms with Gasteiger partial charge in [-0.25, -0.2) is 0 Å². The molecular formula is C23H22ClNO2. The highest BCUT2D eigenvalue weighted by atomic mass is 35.5. The number of fused-ring (bicyclic) bond motifs is 1. The number of rotatable bonds is 3. The second kappa shape index (κ2) is 6.82. The van der Waals surface area contributed by atoms with Crippen LogP contribution >= 0.6 is 11.6 Å². The molecule has 3 aromatic rings. The van der Waals surface area contributed by atoms with Crippen LogP contribution in [0.2, 0.25) is 5.02 Å². The molecule has 27 heavy (non-hydrogen) atoms. The van der Waals surface area contributed by atoms with Crippen LogP contribution in [0.5, 0.6) is 11.5 Å². The molecule has 1 N–H and O–H groups in total. The molecule has 1 aliphatic heterocycles. The van der Waals surface area contributed by atoms with Crippen molar-refractivity contribution in [3.8, 4) is 11.5 Å². The fourth-order valence-electron chi connectivity index (χ4n) is 4.09. The molecule has 0 saturated carbocycles. The van der Waals surface area contributed by atoms with Crippen LogP contribution in [0.3, 0.4) is 0 Å². The summed E-state index contributed by atoms with van der Waals surface area (Å²) in [6, 6.07) is 21.8. The number of aromatic hydroxyl groups is 1. The van der Waals surface area contributed by atoms with Gasteiger partial charge in [-0.05, 0) is 78.6 Å². The summed E-state index contributed by atoms with van der Waals surface area (Å²) in [5.74, 6) is 1.15. The molecule has 1 unspecified atom stereocenters. The van der Waals surface area contributed by atoms with Crippen molar-refractivity contribution < 1.29 is 9.84 Å². The number of anilines is 1. The summed E-state index contributed by atoms with van der Waals surface area (Å²) in [6.07, 6.45) is 0.933. The van der Waals surface area contributed by atoms with Crippen LogP contribution in [0.15, 0.2) is 66.7 Å². The average molecular weight is 380 g/mol. The Hall–Kier alpha value is -2.65. The molecular weight excluding hydrogens is 358 g/mol. The van der Waals surface area contributed by atoms with Gasteiger partial charge >= 0.3 is 0 Å². The fourth-order valence-corrected chi connectivity index (χ4v) is 4.21. The fraction of sp³-hybridized carbons (Fsp3) is 0.217. The first kappa shape index (κ1) is 17.7. The summed E-state index contributed by atoms with van der Waals surface area (Å²) in [4.78, 5) is 2.41. The Morgan fingerprint density at radius 1 is 1.00 bits per heavy atom. The maximum atomic E-state index is 9.77. The lowest BCUT2D eigenvalue weighted by Gasteiger charge is -2.48. The van der Waals surface area contributed by atoms with Gasteiger partial charge in [0.1, 0.15) is 11.5 Å². The van der Waals surface area contributed by atoms with Gasteiger partial charge in [0.05, 0.1) is 12.6 Å². The summed E-state index contributed by atoms with van der Waals surface area (Å²) >= 11 is 6.11. The van der Waals surface area contributed by atoms with Crippen molar-refractivity contribution >= 4 is 17.3 Å². The molecule has 0 amide bonds. The number of halogens is 1. The number of benzene rings is 3. The van der Waals surface area contributed by atoms with Gasteiger partial charge in [0, 0.05) is 17.3 Å². The van der Waals surface area contributed by atoms with Gasteiger partial charge in [0.15, 0.2) is 0 Å². The summed E-state index contributed by atoms with van der Waals surface area (Å²) in [7, 11) is 1.70. The molecule has 3 aromatic carbocycles. The third kappa shape index (κ3) is 3.02. The minimum Gasteiger partial charge on any atom is -0.508 e. The lowest BCUT2D eigenvalue weighted by atomic mass is 9.76. The molecule has 4 heteroatoms. The first-order valence-corrected chi connectivity index (χ1v) is 9.40. The van der Waals surface area contributed by atoms with Crippen molar-refractivity contribution in [3.05, 3.63) is 88.4 Å². The molecule has 3 nitrogen and oxygen atoms in total. The first-order valence-electron chi connectivity index (χ1n) is 9.02. The van der Waals surface area contributed by atoms with Crippen molar-refractivity contribution in [1.82, 2.24) is 0 Å². The molecule has 4 rings (SSSR count). The predicted molar refractivity (Wildman–Crippen MR) is 110 cm³/mol. The van der Waals surface area contributed by atoms with E-state index in [-0.39, 0.29) is 11.3 Å². The number of phenols is 1. The van der Waals surface area contributed by atoms with Gasteiger partial charge in [-0.2, -0.15) is 0 Å². The average Bonchev–Trinajstić information content (AvgIpc) is 2.69. The minimum atomic E-state index is -0.374. The summed E-state index contributed by atoms with van der Waals surface area (Å²) in [5.41, 5.74) is 4.41. The van der Waals surface area contributed by atoms with Crippen molar-refractivity contribution in [2.24, 2.45) is 0 Å². The van der Waals surface area contributed by atoms with E-state index in [9.17, 15) is 5.11 Å². The Balaban J connectivity index is 1.91. The normalized spacial score (nSPS) is 18.9. The zero-order valence-electron chi connectivity index (χ0n) is 15.4. The molecule has 0 saturated heterocycles. The van der Waals surface area contributed by atoms with Crippen LogP contribution in [0.1, 0.15) is 23.6 Å². The molecule has 1 atom stereocenters. The topological polar surface area (TPSA) is 32.7 Å². The van der Waals surface area contributed by atoms with E-state index < -0.39 is 0 Å². The Morgan fingerprint density at radius 3 is 2.37 bits per heavy atom. The Morgan fingerprint density at radius 2 is 1.70 bits per heavy atom. The zero-order valence-corrected chi connectivity index (χ0v) is 16.2. The third-order valence-electron chi connectivity index (χ3n) is 5.55. The third-order valence-corrected chi connectivity index (χ3v) is 5.80. The predicted octanol–water partition coefficient (Wildman–Crippen LogP) is 5.38. The van der Waals surface area contributed by atoms with E-state index in [4.69, 9.17) is 16.3 Å². The van der Waals surface area contributed by atoms with Crippen LogP contribution in [-0.4, -0.2) is 18.8 Å². The summed E-state index contributed by atoms with van der Waals surface area (Å²) in [6.45, 7) is 3.11. The van der Waals surface area contributed by atoms with E-state index in [1.54, 1.807) is 19.2 Å². The standard InChI is InChI=1S/C23H22ClNO2/c1-23(17-3-9-20(26)10-4-17)22-12-11-21(27-2)15-16(22)13-14-25(23)19-7-5-18(24)6-8-19/h3-12,15,26H,13-14H2,1-2H3. The van der Waals surface area contributed by atoms with Crippen LogP contribution in [0, 0.1) is 0 Å². The van der Waals surface area contributed by atoms with E-state index in [0.717, 1.165) is 35.0 Å². The van der Waals surface area contributed by atoms with Crippen molar-refractivity contribution in [1.29, 1.82) is 0 Å². The Bertz CT molecular complexity index is 953. The molecule has 1 aliphatic rings. The zero-order chi connectivity index (χ0) is 19.0. The molecule has 0 bridgehead atoms. The second-order valence-corrected chi connectivity index (χ2v) is 7.46. The number of nitrogens with zero attached hydrogens (tertiary/aromatic N) is 1. The second-order valence-electron chi connectivity index (χ2n) is 7.02. The van der Waals surface area contributed by atoms with Gasteiger partial charge in [-0.15, -0.1) is 0 Å². The van der Waals surface area contributed by atoms with Gasteiger partial charge in [0.2, 0.25) is 0 Å². The lowest BCUT2D eigenvalue weighted by molar-refractivity contribution is 0.411. The Labute approximate surface area is 164 Å². The van der Waals surface area contributed by atoms with Gasteiger partial charge in [0.25, 0.3) is 0 Å². The van der Waals surface area contributed by atoms with Gasteiger partial charge in [-0.3, -0.25) is 0 Å². The first-order chi connectivity index (χ1) is 13.0. The van der Waals surface area contributed by atoms with E-state index in [0.29, 0.717) is 0 Å². The molecule has 0 fully saturated rings. The van der Waals surface area contributed by atoms with Crippen LogP contribution in [0.25, 0.3) is 0 Å². The molecule has 0 aromatic heterocycles. The maximum absolute atomic E-state index is 9.77. The highest BCUT2D eigenvalue weighted by molar-refractivity contribution is 6.30. The van der Waals surface area contributed by atoms with Crippen LogP contribution in [0.4, 0.5) is 5.69 Å². The summed E-state index contributed by atoms with van der Waals surface area (Å²) < 4.78 is 5.43. The molecule has 0 radical (unpaired) electrons. The van der Waals surface area contributed by atoms with E-state index in [1.165, 1.54) is 11.1 Å². The molecule has 0 aliphatic carbocycles. The van der Waals surface area contributed by atoms with Crippen molar-refractivity contribution in [3.63, 3.8) is 0 Å². The van der Waals surface area contributed by atoms with E-state index in [2.05, 4.69) is 36.1 Å². The number of methoxy groups -OCH3 is 1. The van der Waals surface area contributed by atoms with Crippen LogP contribution < -0.4 is 9.64 Å². The number of ether oxygens (including phenoxy) is 1. The van der Waals surface area contributed by atoms with E-state index >= 15 is 0 Å². The monoisotopic (exact) mass is 379 g/mol. The summed E-state index contributed by atoms with van der Waals surface area (Å²) in [5, 5.41) is 10.5. The minimum absolute atomic E-state index is 0.270. The molecule has 0 spiro atoms. The molecule has 1 heterocycles. The lowest BCUT2D eigenvalue weighted by Crippen LogP contribution is -2.49. The highest BCUT2D eigenvalue weighted by Crippen LogP contribution is 2.44. The van der Waals surface area contributed by atoms with Crippen molar-refractivity contribution in [2.45, 2.75) is 18.9 Å². The van der Waals surface area contributed by atoms with Crippen LogP contribution in [-0.2, 0) is 12.0 Å². The number of hydrogen-bond acceptors (Lipinski definition) is 3. The Kier molecular flexibility index (Phi) is 4.48. The van der Waals surface area contributed by atoms with Gasteiger partial charge in [-0.1, -0.05) is 29.8 Å². The smallest absolute Gasteiger partial charge is 0.119 e. The SMILES string of the molecule is COc1ccc2c(c1)CCN(c1ccc(Cl)cc1)C2(C)c1ccc(O)cc1. The largest absolute Gasteiger partial charge is 0.508 e. The maximum Gasteiger partial charge on any atom is 0.119 e. The van der Waals surface area contributed by atoms with Gasteiger partial charge < -0.3 is 14.7 Å². The highest BCUT2D eigenvalue weighted by Gasteiger charge is 2.40.